The highest BCUT2D eigenvalue weighted by molar-refractivity contribution is 7.86. The lowest BCUT2D eigenvalue weighted by molar-refractivity contribution is 0.0697. The maximum Gasteiger partial charge on any atom is 0.335 e. The molecule has 3 N–H and O–H groups in total. The van der Waals surface area contributed by atoms with E-state index in [4.69, 9.17) is 9.66 Å². The van der Waals surface area contributed by atoms with Crippen LogP contribution in [0.3, 0.4) is 0 Å². The molecule has 0 radical (unpaired) electrons. The highest BCUT2D eigenvalue weighted by Gasteiger charge is 2.17. The van der Waals surface area contributed by atoms with Crippen LogP contribution in [0, 0.1) is 0 Å². The normalized spacial score (nSPS) is 11.0. The molecule has 0 aliphatic heterocycles. The number of carbonyl (C=O) groups excluding carboxylic acids is 1. The monoisotopic (exact) mass is 321 g/mol. The molecule has 0 aliphatic carbocycles. The minimum absolute atomic E-state index is 0.0463. The number of aromatic carboxylic acids is 1. The molecular weight excluding hydrogens is 310 g/mol. The molecule has 0 saturated heterocycles. The maximum absolute atomic E-state index is 12.1. The molecule has 2 aromatic carbocycles. The topological polar surface area (TPSA) is 121 Å². The summed E-state index contributed by atoms with van der Waals surface area (Å²) in [6, 6.07) is 10.6. The van der Waals surface area contributed by atoms with Crippen LogP contribution in [0.5, 0.6) is 0 Å². The van der Waals surface area contributed by atoms with Crippen molar-refractivity contribution >= 4 is 27.7 Å². The molecule has 0 saturated carbocycles. The number of nitrogens with one attached hydrogen (secondary N) is 1. The van der Waals surface area contributed by atoms with Crippen molar-refractivity contribution in [3.63, 3.8) is 0 Å². The van der Waals surface area contributed by atoms with E-state index in [9.17, 15) is 18.0 Å². The Hall–Kier alpha value is -2.71. The third-order valence-electron chi connectivity index (χ3n) is 2.78. The molecule has 0 aromatic heterocycles. The summed E-state index contributed by atoms with van der Waals surface area (Å²) in [6.45, 7) is 0. The number of hydrogen-bond acceptors (Lipinski definition) is 4. The van der Waals surface area contributed by atoms with Crippen LogP contribution in [0.15, 0.2) is 53.4 Å². The zero-order valence-corrected chi connectivity index (χ0v) is 11.9. The molecule has 8 heteroatoms. The first kappa shape index (κ1) is 15.7. The number of carboxylic acid groups (broad SMARTS) is 1. The Balaban J connectivity index is 2.34. The lowest BCUT2D eigenvalue weighted by Gasteiger charge is -2.09. The van der Waals surface area contributed by atoms with E-state index in [0.29, 0.717) is 0 Å². The Morgan fingerprint density at radius 1 is 0.955 bits per heavy atom. The molecule has 0 aliphatic rings. The SMILES string of the molecule is O=C(O)c1cccc(C(=O)Nc2ccccc2S(=O)(=O)O)c1. The van der Waals surface area contributed by atoms with Gasteiger partial charge < -0.3 is 10.4 Å². The van der Waals surface area contributed by atoms with Crippen LogP contribution in [0.4, 0.5) is 5.69 Å². The summed E-state index contributed by atoms with van der Waals surface area (Å²) < 4.78 is 31.6. The van der Waals surface area contributed by atoms with E-state index in [-0.39, 0.29) is 16.8 Å². The molecule has 114 valence electrons. The standard InChI is InChI=1S/C14H11NO6S/c16-13(9-4-3-5-10(8-9)14(17)18)15-11-6-1-2-7-12(11)22(19,20)21/h1-8H,(H,15,16)(H,17,18)(H,19,20,21). The number of carbonyl (C=O) groups is 2. The van der Waals surface area contributed by atoms with E-state index in [1.807, 2.05) is 0 Å². The maximum atomic E-state index is 12.1. The van der Waals surface area contributed by atoms with Gasteiger partial charge in [0.1, 0.15) is 4.90 Å². The first-order valence-corrected chi connectivity index (χ1v) is 7.44. The van der Waals surface area contributed by atoms with Gasteiger partial charge in [0.05, 0.1) is 11.3 Å². The molecule has 2 rings (SSSR count). The van der Waals surface area contributed by atoms with Gasteiger partial charge in [0.15, 0.2) is 0 Å². The fraction of sp³-hybridized carbons (Fsp3) is 0. The minimum Gasteiger partial charge on any atom is -0.478 e. The summed E-state index contributed by atoms with van der Waals surface area (Å²) in [5.74, 6) is -1.88. The van der Waals surface area contributed by atoms with Crippen LogP contribution in [0.25, 0.3) is 0 Å². The fourth-order valence-electron chi connectivity index (χ4n) is 1.78. The molecular formula is C14H11NO6S. The van der Waals surface area contributed by atoms with Gasteiger partial charge in [-0.2, -0.15) is 8.42 Å². The van der Waals surface area contributed by atoms with E-state index >= 15 is 0 Å². The van der Waals surface area contributed by atoms with Gasteiger partial charge >= 0.3 is 5.97 Å². The number of rotatable bonds is 4. The Labute approximate surface area is 126 Å². The fourth-order valence-corrected chi connectivity index (χ4v) is 2.43. The van der Waals surface area contributed by atoms with E-state index < -0.39 is 26.9 Å². The Bertz CT molecular complexity index is 844. The average molecular weight is 321 g/mol. The quantitative estimate of drug-likeness (QED) is 0.739. The summed E-state index contributed by atoms with van der Waals surface area (Å²) in [5.41, 5.74) is -0.128. The predicted octanol–water partition coefficient (Wildman–Crippen LogP) is 1.88. The van der Waals surface area contributed by atoms with E-state index in [1.165, 1.54) is 36.4 Å². The second kappa shape index (κ2) is 5.96. The molecule has 7 nitrogen and oxygen atoms in total. The molecule has 0 spiro atoms. The van der Waals surface area contributed by atoms with Gasteiger partial charge in [-0.3, -0.25) is 9.35 Å². The number of amides is 1. The molecule has 22 heavy (non-hydrogen) atoms. The Morgan fingerprint density at radius 3 is 2.23 bits per heavy atom. The van der Waals surface area contributed by atoms with Gasteiger partial charge in [0, 0.05) is 5.56 Å². The Morgan fingerprint density at radius 2 is 1.59 bits per heavy atom. The van der Waals surface area contributed by atoms with Gasteiger partial charge in [-0.25, -0.2) is 4.79 Å². The lowest BCUT2D eigenvalue weighted by Crippen LogP contribution is -2.15. The second-order valence-electron chi connectivity index (χ2n) is 4.31. The van der Waals surface area contributed by atoms with Crippen molar-refractivity contribution in [3.8, 4) is 0 Å². The second-order valence-corrected chi connectivity index (χ2v) is 5.70. The number of hydrogen-bond donors (Lipinski definition) is 3. The largest absolute Gasteiger partial charge is 0.478 e. The molecule has 0 fully saturated rings. The lowest BCUT2D eigenvalue weighted by atomic mass is 10.1. The molecule has 0 heterocycles. The summed E-state index contributed by atoms with van der Waals surface area (Å²) in [7, 11) is -4.49. The zero-order valence-electron chi connectivity index (χ0n) is 11.1. The number of carboxylic acids is 1. The summed E-state index contributed by atoms with van der Waals surface area (Å²) in [4.78, 5) is 22.5. The van der Waals surface area contributed by atoms with E-state index in [0.717, 1.165) is 12.1 Å². The van der Waals surface area contributed by atoms with Crippen molar-refractivity contribution in [2.24, 2.45) is 0 Å². The third-order valence-corrected chi connectivity index (χ3v) is 3.70. The minimum atomic E-state index is -4.49. The predicted molar refractivity (Wildman–Crippen MR) is 77.6 cm³/mol. The van der Waals surface area contributed by atoms with Gasteiger partial charge in [-0.05, 0) is 30.3 Å². The van der Waals surface area contributed by atoms with Crippen molar-refractivity contribution in [2.75, 3.05) is 5.32 Å². The van der Waals surface area contributed by atoms with Crippen molar-refractivity contribution in [2.45, 2.75) is 4.90 Å². The van der Waals surface area contributed by atoms with Crippen molar-refractivity contribution < 1.29 is 27.7 Å². The van der Waals surface area contributed by atoms with Crippen LogP contribution in [-0.2, 0) is 10.1 Å². The molecule has 1 amide bonds. The Kier molecular flexibility index (Phi) is 4.25. The number of benzene rings is 2. The highest BCUT2D eigenvalue weighted by atomic mass is 32.2. The molecule has 0 unspecified atom stereocenters. The third kappa shape index (κ3) is 3.48. The zero-order chi connectivity index (χ0) is 16.3. The van der Waals surface area contributed by atoms with Crippen LogP contribution in [0.1, 0.15) is 20.7 Å². The summed E-state index contributed by atoms with van der Waals surface area (Å²) in [6.07, 6.45) is 0. The van der Waals surface area contributed by atoms with Crippen molar-refractivity contribution in [3.05, 3.63) is 59.7 Å². The first-order valence-electron chi connectivity index (χ1n) is 6.00. The van der Waals surface area contributed by atoms with Crippen LogP contribution < -0.4 is 5.32 Å². The van der Waals surface area contributed by atoms with Crippen LogP contribution in [0.2, 0.25) is 0 Å². The van der Waals surface area contributed by atoms with Gasteiger partial charge in [-0.1, -0.05) is 18.2 Å². The van der Waals surface area contributed by atoms with E-state index in [1.54, 1.807) is 0 Å². The van der Waals surface area contributed by atoms with Gasteiger partial charge in [0.25, 0.3) is 16.0 Å². The van der Waals surface area contributed by atoms with Crippen LogP contribution in [-0.4, -0.2) is 30.0 Å². The molecule has 2 aromatic rings. The molecule has 0 atom stereocenters. The van der Waals surface area contributed by atoms with Crippen molar-refractivity contribution in [1.29, 1.82) is 0 Å². The number of anilines is 1. The first-order chi connectivity index (χ1) is 10.3. The van der Waals surface area contributed by atoms with E-state index in [2.05, 4.69) is 5.32 Å². The van der Waals surface area contributed by atoms with Crippen molar-refractivity contribution in [1.82, 2.24) is 0 Å². The smallest absolute Gasteiger partial charge is 0.335 e. The van der Waals surface area contributed by atoms with Gasteiger partial charge in [-0.15, -0.1) is 0 Å². The summed E-state index contributed by atoms with van der Waals surface area (Å²) in [5, 5.41) is 11.2. The summed E-state index contributed by atoms with van der Waals surface area (Å²) >= 11 is 0. The average Bonchev–Trinajstić information content (AvgIpc) is 2.46. The van der Waals surface area contributed by atoms with Crippen LogP contribution >= 0.6 is 0 Å². The molecule has 0 bridgehead atoms. The highest BCUT2D eigenvalue weighted by Crippen LogP contribution is 2.21. The van der Waals surface area contributed by atoms with Gasteiger partial charge in [0.2, 0.25) is 0 Å². The number of para-hydroxylation sites is 1.